The fraction of sp³-hybridized carbons (Fsp3) is 0.348. The summed E-state index contributed by atoms with van der Waals surface area (Å²) >= 11 is 0. The average molecular weight is 439 g/mol. The number of ether oxygens (including phenoxy) is 1. The lowest BCUT2D eigenvalue weighted by atomic mass is 10.0. The van der Waals surface area contributed by atoms with Crippen molar-refractivity contribution < 1.29 is 13.9 Å². The van der Waals surface area contributed by atoms with Crippen molar-refractivity contribution in [2.75, 3.05) is 17.7 Å². The zero-order valence-corrected chi connectivity index (χ0v) is 18.1. The van der Waals surface area contributed by atoms with E-state index in [1.54, 1.807) is 13.3 Å². The Hall–Kier alpha value is -3.46. The van der Waals surface area contributed by atoms with Crippen LogP contribution in [0.15, 0.2) is 36.5 Å². The summed E-state index contributed by atoms with van der Waals surface area (Å²) in [5.41, 5.74) is 12.9. The molecule has 0 spiro atoms. The van der Waals surface area contributed by atoms with E-state index in [1.165, 1.54) is 0 Å². The molecule has 4 rings (SSSR count). The summed E-state index contributed by atoms with van der Waals surface area (Å²) in [5, 5.41) is 7.03. The van der Waals surface area contributed by atoms with Gasteiger partial charge in [-0.05, 0) is 43.5 Å². The maximum Gasteiger partial charge on any atom is 0.252 e. The molecule has 0 aliphatic heterocycles. The number of rotatable bonds is 9. The van der Waals surface area contributed by atoms with Gasteiger partial charge in [-0.1, -0.05) is 12.8 Å². The van der Waals surface area contributed by atoms with Gasteiger partial charge in [0.2, 0.25) is 0 Å². The lowest BCUT2D eigenvalue weighted by Gasteiger charge is -2.23. The van der Waals surface area contributed by atoms with Crippen LogP contribution >= 0.6 is 0 Å². The van der Waals surface area contributed by atoms with Gasteiger partial charge in [0.05, 0.1) is 30.1 Å². The normalized spacial score (nSPS) is 15.2. The fourth-order valence-corrected chi connectivity index (χ4v) is 3.60. The van der Waals surface area contributed by atoms with Crippen molar-refractivity contribution >= 4 is 34.1 Å². The molecule has 2 heterocycles. The van der Waals surface area contributed by atoms with E-state index in [4.69, 9.17) is 16.2 Å². The van der Waals surface area contributed by atoms with Crippen molar-refractivity contribution in [2.24, 2.45) is 17.4 Å². The van der Waals surface area contributed by atoms with Crippen LogP contribution in [0.3, 0.4) is 0 Å². The number of hydrogen-bond acceptors (Lipinski definition) is 7. The molecule has 3 aromatic rings. The summed E-state index contributed by atoms with van der Waals surface area (Å²) in [6.45, 7) is 1.88. The Morgan fingerprint density at radius 3 is 2.72 bits per heavy atom. The molecule has 6 N–H and O–H groups in total. The van der Waals surface area contributed by atoms with Gasteiger partial charge in [0.15, 0.2) is 11.6 Å². The number of pyridine rings is 2. The number of carbonyl (C=O) groups is 1. The van der Waals surface area contributed by atoms with Crippen LogP contribution in [0.5, 0.6) is 5.75 Å². The number of hydrogen-bond donors (Lipinski definition) is 4. The van der Waals surface area contributed by atoms with Gasteiger partial charge in [0.25, 0.3) is 5.91 Å². The highest BCUT2D eigenvalue weighted by atomic mass is 19.1. The van der Waals surface area contributed by atoms with Gasteiger partial charge < -0.3 is 26.8 Å². The quantitative estimate of drug-likeness (QED) is 0.402. The standard InChI is InChI=1S/C23H27FN6O2/c1-12(25)19(7-13-3-4-13)29-23-18(24)10-17(21(26)31)22(30-23)28-15-8-14-5-6-16(32-2)9-20(14)27-11-15/h5-6,8-13,19H,3-4,7,25H2,1-2H3,(H2,26,31)(H2,28,29,30)/t12-,19+/m0/s1. The predicted octanol–water partition coefficient (Wildman–Crippen LogP) is 3.55. The molecule has 1 aromatic carbocycles. The Morgan fingerprint density at radius 1 is 1.28 bits per heavy atom. The van der Waals surface area contributed by atoms with E-state index in [0.29, 0.717) is 17.4 Å². The molecule has 2 aromatic heterocycles. The van der Waals surface area contributed by atoms with Crippen molar-refractivity contribution in [1.29, 1.82) is 0 Å². The molecule has 0 radical (unpaired) electrons. The number of amides is 1. The van der Waals surface area contributed by atoms with Crippen LogP contribution in [0.2, 0.25) is 0 Å². The molecule has 9 heteroatoms. The van der Waals surface area contributed by atoms with Crippen LogP contribution in [0.1, 0.15) is 36.5 Å². The number of fused-ring (bicyclic) bond motifs is 1. The van der Waals surface area contributed by atoms with Crippen molar-refractivity contribution in [2.45, 2.75) is 38.3 Å². The monoisotopic (exact) mass is 438 g/mol. The molecule has 168 valence electrons. The van der Waals surface area contributed by atoms with E-state index in [0.717, 1.165) is 36.2 Å². The molecule has 32 heavy (non-hydrogen) atoms. The van der Waals surface area contributed by atoms with Gasteiger partial charge in [0.1, 0.15) is 11.6 Å². The molecule has 1 aliphatic rings. The van der Waals surface area contributed by atoms with Gasteiger partial charge >= 0.3 is 0 Å². The first-order valence-corrected chi connectivity index (χ1v) is 10.6. The molecular weight excluding hydrogens is 411 g/mol. The highest BCUT2D eigenvalue weighted by Crippen LogP contribution is 2.35. The minimum Gasteiger partial charge on any atom is -0.497 e. The molecule has 0 bridgehead atoms. The van der Waals surface area contributed by atoms with Gasteiger partial charge in [-0.25, -0.2) is 9.37 Å². The highest BCUT2D eigenvalue weighted by molar-refractivity contribution is 5.99. The summed E-state index contributed by atoms with van der Waals surface area (Å²) in [5.74, 6) is 0.0314. The number of anilines is 3. The first-order valence-electron chi connectivity index (χ1n) is 10.6. The lowest BCUT2D eigenvalue weighted by Crippen LogP contribution is -2.39. The van der Waals surface area contributed by atoms with Crippen LogP contribution < -0.4 is 26.8 Å². The lowest BCUT2D eigenvalue weighted by molar-refractivity contribution is 0.100. The third kappa shape index (κ3) is 4.88. The second kappa shape index (κ2) is 8.96. The van der Waals surface area contributed by atoms with E-state index < -0.39 is 11.7 Å². The Morgan fingerprint density at radius 2 is 2.06 bits per heavy atom. The third-order valence-electron chi connectivity index (χ3n) is 5.64. The number of methoxy groups -OCH3 is 1. The minimum absolute atomic E-state index is 0.0268. The number of aromatic nitrogens is 2. The number of benzene rings is 1. The van der Waals surface area contributed by atoms with Gasteiger partial charge in [-0.3, -0.25) is 9.78 Å². The van der Waals surface area contributed by atoms with Crippen LogP contribution in [-0.2, 0) is 0 Å². The molecule has 1 fully saturated rings. The van der Waals surface area contributed by atoms with Crippen molar-refractivity contribution in [3.8, 4) is 5.75 Å². The minimum atomic E-state index is -0.786. The van der Waals surface area contributed by atoms with E-state index in [2.05, 4.69) is 20.6 Å². The predicted molar refractivity (Wildman–Crippen MR) is 123 cm³/mol. The molecule has 1 aliphatic carbocycles. The van der Waals surface area contributed by atoms with E-state index >= 15 is 0 Å². The Labute approximate surface area is 185 Å². The van der Waals surface area contributed by atoms with Crippen LogP contribution in [0.25, 0.3) is 10.9 Å². The summed E-state index contributed by atoms with van der Waals surface area (Å²) in [7, 11) is 1.59. The average Bonchev–Trinajstić information content (AvgIpc) is 3.58. The van der Waals surface area contributed by atoms with Crippen LogP contribution in [0.4, 0.5) is 21.7 Å². The van der Waals surface area contributed by atoms with Crippen LogP contribution in [-0.4, -0.2) is 35.1 Å². The molecular formula is C23H27FN6O2. The SMILES string of the molecule is COc1ccc2cc(Nc3nc(N[C@H](CC4CC4)[C@H](C)N)c(F)cc3C(N)=O)cnc2c1. The molecule has 1 saturated carbocycles. The number of nitrogens with one attached hydrogen (secondary N) is 2. The Kier molecular flexibility index (Phi) is 6.09. The van der Waals surface area contributed by atoms with Gasteiger partial charge in [0, 0.05) is 23.5 Å². The first-order chi connectivity index (χ1) is 15.3. The Balaban J connectivity index is 1.65. The molecule has 8 nitrogen and oxygen atoms in total. The maximum atomic E-state index is 14.8. The third-order valence-corrected chi connectivity index (χ3v) is 5.64. The zero-order chi connectivity index (χ0) is 22.8. The largest absolute Gasteiger partial charge is 0.497 e. The summed E-state index contributed by atoms with van der Waals surface area (Å²) in [6, 6.07) is 8.14. The molecule has 0 saturated heterocycles. The maximum absolute atomic E-state index is 14.8. The van der Waals surface area contributed by atoms with E-state index in [-0.39, 0.29) is 29.3 Å². The Bertz CT molecular complexity index is 1150. The summed E-state index contributed by atoms with van der Waals surface area (Å²) < 4.78 is 20.0. The van der Waals surface area contributed by atoms with Crippen LogP contribution in [0, 0.1) is 11.7 Å². The van der Waals surface area contributed by atoms with Crippen molar-refractivity contribution in [1.82, 2.24) is 9.97 Å². The number of halogens is 1. The van der Waals surface area contributed by atoms with Crippen molar-refractivity contribution in [3.63, 3.8) is 0 Å². The first kappa shape index (κ1) is 21.8. The highest BCUT2D eigenvalue weighted by Gasteiger charge is 2.28. The molecule has 2 atom stereocenters. The van der Waals surface area contributed by atoms with E-state index in [1.807, 2.05) is 31.2 Å². The second-order valence-corrected chi connectivity index (χ2v) is 8.28. The smallest absolute Gasteiger partial charge is 0.252 e. The topological polar surface area (TPSA) is 128 Å². The van der Waals surface area contributed by atoms with Crippen molar-refractivity contribution in [3.05, 3.63) is 47.9 Å². The summed E-state index contributed by atoms with van der Waals surface area (Å²) in [4.78, 5) is 20.7. The summed E-state index contributed by atoms with van der Waals surface area (Å²) in [6.07, 6.45) is 4.77. The van der Waals surface area contributed by atoms with Gasteiger partial charge in [-0.15, -0.1) is 0 Å². The number of nitrogens with two attached hydrogens (primary N) is 2. The molecule has 0 unspecified atom stereocenters. The number of primary amides is 1. The van der Waals surface area contributed by atoms with E-state index in [9.17, 15) is 9.18 Å². The fourth-order valence-electron chi connectivity index (χ4n) is 3.60. The second-order valence-electron chi connectivity index (χ2n) is 8.28. The molecule has 1 amide bonds. The zero-order valence-electron chi connectivity index (χ0n) is 18.1. The number of carbonyl (C=O) groups excluding carboxylic acids is 1. The van der Waals surface area contributed by atoms with Gasteiger partial charge in [-0.2, -0.15) is 0 Å². The number of nitrogens with zero attached hydrogens (tertiary/aromatic N) is 2.